The molecule has 0 unspecified atom stereocenters. The number of carbonyl (C=O) groups excluding carboxylic acids is 2. The van der Waals surface area contributed by atoms with E-state index < -0.39 is 11.9 Å². The molecule has 0 aliphatic rings. The van der Waals surface area contributed by atoms with Crippen LogP contribution in [0.3, 0.4) is 0 Å². The first kappa shape index (κ1) is 18.5. The van der Waals surface area contributed by atoms with Crippen LogP contribution in [0.5, 0.6) is 0 Å². The SMILES string of the molecule is Cc1cc(C)c(NC(=O)COC(=O)c2cc(Br)ccc2Cl)c(C)c1. The molecule has 6 heteroatoms. The number of carbonyl (C=O) groups is 2. The second-order valence-corrected chi connectivity index (χ2v) is 6.85. The van der Waals surface area contributed by atoms with Crippen molar-refractivity contribution in [3.05, 3.63) is 62.1 Å². The topological polar surface area (TPSA) is 55.4 Å². The van der Waals surface area contributed by atoms with E-state index in [2.05, 4.69) is 21.2 Å². The van der Waals surface area contributed by atoms with Gasteiger partial charge >= 0.3 is 5.97 Å². The zero-order valence-corrected chi connectivity index (χ0v) is 15.9. The molecule has 0 aliphatic heterocycles. The minimum atomic E-state index is -0.645. The van der Waals surface area contributed by atoms with Crippen molar-refractivity contribution in [2.75, 3.05) is 11.9 Å². The maximum absolute atomic E-state index is 12.1. The van der Waals surface area contributed by atoms with Gasteiger partial charge in [-0.25, -0.2) is 4.79 Å². The van der Waals surface area contributed by atoms with Crippen molar-refractivity contribution in [2.45, 2.75) is 20.8 Å². The first-order valence-electron chi connectivity index (χ1n) is 7.28. The Labute approximate surface area is 154 Å². The molecule has 0 atom stereocenters. The van der Waals surface area contributed by atoms with Gasteiger partial charge in [0, 0.05) is 10.2 Å². The van der Waals surface area contributed by atoms with Gasteiger partial charge in [-0.05, 0) is 50.1 Å². The van der Waals surface area contributed by atoms with Crippen LogP contribution in [0.25, 0.3) is 0 Å². The van der Waals surface area contributed by atoms with Gasteiger partial charge in [0.05, 0.1) is 10.6 Å². The van der Waals surface area contributed by atoms with Crippen molar-refractivity contribution in [3.8, 4) is 0 Å². The number of anilines is 1. The summed E-state index contributed by atoms with van der Waals surface area (Å²) in [5, 5.41) is 3.05. The van der Waals surface area contributed by atoms with E-state index in [9.17, 15) is 9.59 Å². The lowest BCUT2D eigenvalue weighted by Gasteiger charge is -2.13. The number of hydrogen-bond acceptors (Lipinski definition) is 3. The van der Waals surface area contributed by atoms with E-state index in [1.54, 1.807) is 18.2 Å². The van der Waals surface area contributed by atoms with Crippen molar-refractivity contribution in [3.63, 3.8) is 0 Å². The Kier molecular flexibility index (Phi) is 6.02. The molecule has 0 heterocycles. The lowest BCUT2D eigenvalue weighted by atomic mass is 10.1. The predicted octanol–water partition coefficient (Wildman–Crippen LogP) is 4.82. The minimum absolute atomic E-state index is 0.210. The van der Waals surface area contributed by atoms with E-state index in [0.717, 1.165) is 22.4 Å². The van der Waals surface area contributed by atoms with Crippen molar-refractivity contribution in [1.29, 1.82) is 0 Å². The lowest BCUT2D eigenvalue weighted by Crippen LogP contribution is -2.22. The number of ether oxygens (including phenoxy) is 1. The van der Waals surface area contributed by atoms with Crippen LogP contribution in [0.4, 0.5) is 5.69 Å². The summed E-state index contributed by atoms with van der Waals surface area (Å²) >= 11 is 9.24. The molecule has 2 rings (SSSR count). The van der Waals surface area contributed by atoms with Crippen LogP contribution in [-0.4, -0.2) is 18.5 Å². The number of amides is 1. The molecule has 0 aromatic heterocycles. The Morgan fingerprint density at radius 2 is 1.75 bits per heavy atom. The molecule has 0 saturated heterocycles. The molecule has 0 saturated carbocycles. The second-order valence-electron chi connectivity index (χ2n) is 5.52. The first-order chi connectivity index (χ1) is 11.3. The van der Waals surface area contributed by atoms with Crippen molar-refractivity contribution in [2.24, 2.45) is 0 Å². The Morgan fingerprint density at radius 3 is 2.38 bits per heavy atom. The summed E-state index contributed by atoms with van der Waals surface area (Å²) in [4.78, 5) is 24.1. The molecule has 0 aliphatic carbocycles. The first-order valence-corrected chi connectivity index (χ1v) is 8.45. The van der Waals surface area contributed by atoms with Crippen LogP contribution in [0.1, 0.15) is 27.0 Å². The van der Waals surface area contributed by atoms with E-state index in [4.69, 9.17) is 16.3 Å². The normalized spacial score (nSPS) is 10.4. The Balaban J connectivity index is 2.01. The van der Waals surface area contributed by atoms with Crippen LogP contribution in [0.15, 0.2) is 34.8 Å². The largest absolute Gasteiger partial charge is 0.452 e. The third-order valence-electron chi connectivity index (χ3n) is 3.42. The van der Waals surface area contributed by atoms with Crippen molar-refractivity contribution >= 4 is 45.1 Å². The summed E-state index contributed by atoms with van der Waals surface area (Å²) in [6.45, 7) is 5.45. The van der Waals surface area contributed by atoms with Crippen molar-refractivity contribution in [1.82, 2.24) is 0 Å². The highest BCUT2D eigenvalue weighted by Crippen LogP contribution is 2.23. The maximum Gasteiger partial charge on any atom is 0.340 e. The summed E-state index contributed by atoms with van der Waals surface area (Å²) in [7, 11) is 0. The molecular weight excluding hydrogens is 394 g/mol. The third kappa shape index (κ3) is 4.58. The summed E-state index contributed by atoms with van der Waals surface area (Å²) in [5.41, 5.74) is 3.99. The maximum atomic E-state index is 12.1. The zero-order chi connectivity index (χ0) is 17.9. The number of esters is 1. The Bertz CT molecular complexity index is 782. The van der Waals surface area contributed by atoms with Gasteiger partial charge in [0.2, 0.25) is 0 Å². The fourth-order valence-corrected chi connectivity index (χ4v) is 2.97. The standard InChI is InChI=1S/C18H17BrClNO3/c1-10-6-11(2)17(12(3)7-10)21-16(22)9-24-18(23)14-8-13(19)4-5-15(14)20/h4-8H,9H2,1-3H3,(H,21,22). The fraction of sp³-hybridized carbons (Fsp3) is 0.222. The summed E-state index contributed by atoms with van der Waals surface area (Å²) < 4.78 is 5.75. The quantitative estimate of drug-likeness (QED) is 0.735. The van der Waals surface area contributed by atoms with E-state index in [-0.39, 0.29) is 17.2 Å². The van der Waals surface area contributed by atoms with Gasteiger partial charge in [-0.3, -0.25) is 4.79 Å². The molecule has 0 spiro atoms. The average Bonchev–Trinajstić information content (AvgIpc) is 2.50. The van der Waals surface area contributed by atoms with Gasteiger partial charge in [-0.15, -0.1) is 0 Å². The Morgan fingerprint density at radius 1 is 1.12 bits per heavy atom. The highest BCUT2D eigenvalue weighted by molar-refractivity contribution is 9.10. The molecule has 1 amide bonds. The van der Waals surface area contributed by atoms with E-state index in [1.165, 1.54) is 0 Å². The van der Waals surface area contributed by atoms with Gasteiger partial charge in [0.15, 0.2) is 6.61 Å². The molecule has 0 bridgehead atoms. The number of benzene rings is 2. The van der Waals surface area contributed by atoms with Crippen molar-refractivity contribution < 1.29 is 14.3 Å². The van der Waals surface area contributed by atoms with Crippen LogP contribution in [0, 0.1) is 20.8 Å². The molecule has 0 radical (unpaired) electrons. The van der Waals surface area contributed by atoms with Crippen LogP contribution in [-0.2, 0) is 9.53 Å². The highest BCUT2D eigenvalue weighted by Gasteiger charge is 2.15. The van der Waals surface area contributed by atoms with Crippen LogP contribution < -0.4 is 5.32 Å². The average molecular weight is 411 g/mol. The van der Waals surface area contributed by atoms with Gasteiger partial charge in [-0.1, -0.05) is 45.2 Å². The Hall–Kier alpha value is -1.85. The molecule has 4 nitrogen and oxygen atoms in total. The summed E-state index contributed by atoms with van der Waals surface area (Å²) in [6.07, 6.45) is 0. The monoisotopic (exact) mass is 409 g/mol. The molecule has 24 heavy (non-hydrogen) atoms. The smallest absolute Gasteiger partial charge is 0.340 e. The number of nitrogens with one attached hydrogen (secondary N) is 1. The molecule has 126 valence electrons. The van der Waals surface area contributed by atoms with Crippen LogP contribution >= 0.6 is 27.5 Å². The molecule has 2 aromatic rings. The summed E-state index contributed by atoms with van der Waals surface area (Å²) in [5.74, 6) is -1.04. The molecule has 0 fully saturated rings. The van der Waals surface area contributed by atoms with E-state index >= 15 is 0 Å². The third-order valence-corrected chi connectivity index (χ3v) is 4.25. The minimum Gasteiger partial charge on any atom is -0.452 e. The summed E-state index contributed by atoms with van der Waals surface area (Å²) in [6, 6.07) is 8.82. The van der Waals surface area contributed by atoms with E-state index in [0.29, 0.717) is 4.47 Å². The van der Waals surface area contributed by atoms with E-state index in [1.807, 2.05) is 32.9 Å². The molecular formula is C18H17BrClNO3. The van der Waals surface area contributed by atoms with Crippen LogP contribution in [0.2, 0.25) is 5.02 Å². The lowest BCUT2D eigenvalue weighted by molar-refractivity contribution is -0.119. The number of aryl methyl sites for hydroxylation is 3. The highest BCUT2D eigenvalue weighted by atomic mass is 79.9. The molecule has 2 aromatic carbocycles. The fourth-order valence-electron chi connectivity index (χ4n) is 2.42. The van der Waals surface area contributed by atoms with Gasteiger partial charge in [0.25, 0.3) is 5.91 Å². The zero-order valence-electron chi connectivity index (χ0n) is 13.6. The second kappa shape index (κ2) is 7.81. The van der Waals surface area contributed by atoms with Gasteiger partial charge in [0.1, 0.15) is 0 Å². The number of halogens is 2. The van der Waals surface area contributed by atoms with Gasteiger partial charge < -0.3 is 10.1 Å². The number of rotatable bonds is 4. The predicted molar refractivity (Wildman–Crippen MR) is 98.7 cm³/mol. The number of hydrogen-bond donors (Lipinski definition) is 1. The molecule has 1 N–H and O–H groups in total. The van der Waals surface area contributed by atoms with Gasteiger partial charge in [-0.2, -0.15) is 0 Å².